The molecule has 1 aliphatic heterocycles. The molecule has 3 unspecified atom stereocenters. The zero-order valence-electron chi connectivity index (χ0n) is 31.3. The first-order valence-corrected chi connectivity index (χ1v) is 21.3. The third kappa shape index (κ3) is 9.41. The second-order valence-corrected chi connectivity index (χ2v) is 18.6. The highest BCUT2D eigenvalue weighted by molar-refractivity contribution is 7.91. The Bertz CT molecular complexity index is 1330. The van der Waals surface area contributed by atoms with Crippen LogP contribution in [0.25, 0.3) is 0 Å². The summed E-state index contributed by atoms with van der Waals surface area (Å²) < 4.78 is 75.2. The molecule has 1 amide bonds. The van der Waals surface area contributed by atoms with Crippen molar-refractivity contribution in [3.05, 3.63) is 34.9 Å². The molecular formula is C40H61F5N2O4S. The second kappa shape index (κ2) is 17.4. The molecule has 5 rings (SSSR count). The lowest BCUT2D eigenvalue weighted by molar-refractivity contribution is -0.284. The Morgan fingerprint density at radius 2 is 1.65 bits per heavy atom. The number of unbranched alkanes of at least 4 members (excludes halogenated alkanes) is 6. The minimum absolute atomic E-state index is 0.0278. The molecular weight excluding hydrogens is 700 g/mol. The Labute approximate surface area is 310 Å². The van der Waals surface area contributed by atoms with Crippen molar-refractivity contribution < 1.29 is 41.5 Å². The first kappa shape index (κ1) is 41.5. The maximum atomic E-state index is 13.1. The topological polar surface area (TPSA) is 87.1 Å². The maximum absolute atomic E-state index is 13.1. The number of hydrogen-bond donors (Lipinski definition) is 2. The predicted octanol–water partition coefficient (Wildman–Crippen LogP) is 9.72. The molecule has 52 heavy (non-hydrogen) atoms. The summed E-state index contributed by atoms with van der Waals surface area (Å²) >= 11 is -1.38. The van der Waals surface area contributed by atoms with E-state index in [1.54, 1.807) is 4.90 Å². The Balaban J connectivity index is 1.14. The van der Waals surface area contributed by atoms with Crippen LogP contribution < -0.4 is 0 Å². The van der Waals surface area contributed by atoms with E-state index in [9.17, 15) is 41.5 Å². The second-order valence-electron chi connectivity index (χ2n) is 16.9. The van der Waals surface area contributed by atoms with Crippen molar-refractivity contribution in [1.82, 2.24) is 9.80 Å². The van der Waals surface area contributed by atoms with Crippen LogP contribution in [0.2, 0.25) is 0 Å². The van der Waals surface area contributed by atoms with E-state index in [-0.39, 0.29) is 23.3 Å². The molecule has 0 bridgehead atoms. The zero-order valence-corrected chi connectivity index (χ0v) is 32.1. The van der Waals surface area contributed by atoms with Crippen LogP contribution in [0.1, 0.15) is 138 Å². The number of rotatable bonds is 16. The molecule has 2 saturated carbocycles. The summed E-state index contributed by atoms with van der Waals surface area (Å²) in [6, 6.07) is 7.03. The summed E-state index contributed by atoms with van der Waals surface area (Å²) in [6.07, 6.45) is 6.37. The van der Waals surface area contributed by atoms with Gasteiger partial charge >= 0.3 is 18.2 Å². The lowest BCUT2D eigenvalue weighted by Gasteiger charge is -2.53. The van der Waals surface area contributed by atoms with Crippen molar-refractivity contribution in [2.24, 2.45) is 23.2 Å². The van der Waals surface area contributed by atoms with Crippen LogP contribution in [0.5, 0.6) is 0 Å². The first-order chi connectivity index (χ1) is 24.5. The average Bonchev–Trinajstić information content (AvgIpc) is 3.39. The number of amides is 1. The van der Waals surface area contributed by atoms with E-state index in [0.717, 1.165) is 95.5 Å². The minimum Gasteiger partial charge on any atom is -0.616 e. The highest BCUT2D eigenvalue weighted by atomic mass is 32.2. The van der Waals surface area contributed by atoms with Gasteiger partial charge in [0.15, 0.2) is 0 Å². The number of fused-ring (bicyclic) bond motifs is 5. The van der Waals surface area contributed by atoms with Crippen LogP contribution in [0, 0.1) is 23.2 Å². The third-order valence-electron chi connectivity index (χ3n) is 13.5. The quantitative estimate of drug-likeness (QED) is 0.0996. The fourth-order valence-electron chi connectivity index (χ4n) is 10.5. The molecule has 0 spiro atoms. The molecule has 3 fully saturated rings. The van der Waals surface area contributed by atoms with Crippen molar-refractivity contribution in [3.8, 4) is 0 Å². The number of carboxylic acid groups (broad SMARTS) is 1. The summed E-state index contributed by atoms with van der Waals surface area (Å²) in [5, 5.41) is 21.2. The van der Waals surface area contributed by atoms with Gasteiger partial charge in [0, 0.05) is 19.0 Å². The number of aliphatic hydroxyl groups is 1. The molecule has 3 aliphatic carbocycles. The number of likely N-dealkylation sites (tertiary alicyclic amines) is 1. The van der Waals surface area contributed by atoms with Gasteiger partial charge in [0.1, 0.15) is 11.5 Å². The number of alkyl halides is 5. The van der Waals surface area contributed by atoms with Crippen LogP contribution in [-0.2, 0) is 17.6 Å². The normalized spacial score (nSPS) is 31.3. The summed E-state index contributed by atoms with van der Waals surface area (Å²) in [5.41, 5.74) is 3.90. The molecule has 9 atom stereocenters. The van der Waals surface area contributed by atoms with Crippen LogP contribution in [0.3, 0.4) is 0 Å². The molecule has 1 aromatic rings. The van der Waals surface area contributed by atoms with Crippen molar-refractivity contribution in [3.63, 3.8) is 0 Å². The van der Waals surface area contributed by atoms with Gasteiger partial charge in [0.2, 0.25) is 0 Å². The summed E-state index contributed by atoms with van der Waals surface area (Å²) in [6.45, 7) is 2.85. The molecule has 296 valence electrons. The van der Waals surface area contributed by atoms with E-state index < -0.39 is 42.2 Å². The van der Waals surface area contributed by atoms with Gasteiger partial charge in [-0.1, -0.05) is 68.4 Å². The van der Waals surface area contributed by atoms with Crippen molar-refractivity contribution in [1.29, 1.82) is 0 Å². The smallest absolute Gasteiger partial charge is 0.453 e. The van der Waals surface area contributed by atoms with Gasteiger partial charge in [-0.25, -0.2) is 4.79 Å². The van der Waals surface area contributed by atoms with E-state index >= 15 is 0 Å². The number of benzene rings is 1. The molecule has 4 aliphatic rings. The van der Waals surface area contributed by atoms with Gasteiger partial charge in [0.25, 0.3) is 0 Å². The number of nitrogens with zero attached hydrogens (tertiary/aromatic N) is 2. The Kier molecular flexibility index (Phi) is 13.9. The molecule has 0 radical (unpaired) electrons. The molecule has 0 aromatic heterocycles. The molecule has 6 nitrogen and oxygen atoms in total. The van der Waals surface area contributed by atoms with Crippen LogP contribution in [0.4, 0.5) is 26.7 Å². The van der Waals surface area contributed by atoms with Gasteiger partial charge in [0.05, 0.1) is 12.1 Å². The van der Waals surface area contributed by atoms with E-state index in [1.165, 1.54) is 11.1 Å². The lowest BCUT2D eigenvalue weighted by atomic mass is 9.52. The monoisotopic (exact) mass is 760 g/mol. The Morgan fingerprint density at radius 1 is 0.981 bits per heavy atom. The molecule has 1 heterocycles. The highest BCUT2D eigenvalue weighted by Crippen LogP contribution is 2.63. The Hall–Kier alpha value is -1.63. The average molecular weight is 761 g/mol. The summed E-state index contributed by atoms with van der Waals surface area (Å²) in [7, 11) is 4.15. The van der Waals surface area contributed by atoms with Crippen LogP contribution >= 0.6 is 0 Å². The predicted molar refractivity (Wildman–Crippen MR) is 195 cm³/mol. The molecule has 2 N–H and O–H groups in total. The summed E-state index contributed by atoms with van der Waals surface area (Å²) in [5.74, 6) is -2.48. The summed E-state index contributed by atoms with van der Waals surface area (Å²) in [4.78, 5) is 16.1. The number of halogens is 5. The fourth-order valence-corrected chi connectivity index (χ4v) is 11.7. The van der Waals surface area contributed by atoms with Crippen molar-refractivity contribution in [2.45, 2.75) is 152 Å². The largest absolute Gasteiger partial charge is 0.616 e. The van der Waals surface area contributed by atoms with E-state index in [1.807, 2.05) is 0 Å². The highest BCUT2D eigenvalue weighted by Gasteiger charge is 2.57. The van der Waals surface area contributed by atoms with Gasteiger partial charge in [-0.3, -0.25) is 0 Å². The van der Waals surface area contributed by atoms with Crippen molar-refractivity contribution >= 4 is 17.3 Å². The molecule has 12 heteroatoms. The van der Waals surface area contributed by atoms with Gasteiger partial charge < -0.3 is 24.6 Å². The SMILES string of the molecule is CN(C)C1CCN(C(=O)O)C(c2ccc3c(c2)C[C@@H](CCCCCCCCC[S+]([O-])CCCC(F)(F)C(F)(F)F)[C@@H]2[C@@H]3CC[C@]3(C)[C@@H](O)CC[C@@H]23)C1. The van der Waals surface area contributed by atoms with Crippen LogP contribution in [-0.4, -0.2) is 87.0 Å². The first-order valence-electron chi connectivity index (χ1n) is 19.8. The van der Waals surface area contributed by atoms with Gasteiger partial charge in [-0.2, -0.15) is 22.0 Å². The molecule has 1 saturated heterocycles. The van der Waals surface area contributed by atoms with Crippen LogP contribution in [0.15, 0.2) is 18.2 Å². The van der Waals surface area contributed by atoms with E-state index in [2.05, 4.69) is 44.1 Å². The van der Waals surface area contributed by atoms with Gasteiger partial charge in [-0.15, -0.1) is 0 Å². The minimum atomic E-state index is -5.56. The fraction of sp³-hybridized carbons (Fsp3) is 0.825. The number of piperidine rings is 1. The van der Waals surface area contributed by atoms with E-state index in [4.69, 9.17) is 0 Å². The van der Waals surface area contributed by atoms with E-state index in [0.29, 0.717) is 48.4 Å². The Morgan fingerprint density at radius 3 is 2.33 bits per heavy atom. The standard InChI is InChI=1S/C40H61F5N2O4S/c1-38-20-17-32-31-14-13-27(34-26-30(46(2)3)18-21-47(34)37(49)50)24-29(31)25-28(36(32)33(38)15-16-35(38)48)12-9-7-5-4-6-8-10-22-52(51)23-11-19-39(41,42)40(43,44)45/h13-14,24,28,30,32-36,48H,4-12,15-23,25-26H2,1-3H3,(H,49,50)/t28-,30?,32-,33+,34?,35+,36-,38+,52?/m1/s1. The molecule has 1 aromatic carbocycles. The number of hydrogen-bond acceptors (Lipinski definition) is 4. The third-order valence-corrected chi connectivity index (χ3v) is 15.0. The lowest BCUT2D eigenvalue weighted by Crippen LogP contribution is -2.47. The number of aliphatic hydroxyl groups excluding tert-OH is 1. The number of carbonyl (C=O) groups is 1. The maximum Gasteiger partial charge on any atom is 0.453 e. The zero-order chi connectivity index (χ0) is 37.8. The van der Waals surface area contributed by atoms with Crippen molar-refractivity contribution in [2.75, 3.05) is 32.1 Å². The van der Waals surface area contributed by atoms with Gasteiger partial charge in [-0.05, 0) is 131 Å².